The highest BCUT2D eigenvalue weighted by atomic mass is 35.5. The summed E-state index contributed by atoms with van der Waals surface area (Å²) in [6.45, 7) is 2.76. The molecule has 0 saturated carbocycles. The van der Waals surface area contributed by atoms with Crippen LogP contribution >= 0.6 is 23.2 Å². The van der Waals surface area contributed by atoms with Crippen LogP contribution in [0, 0.1) is 6.92 Å². The zero-order valence-corrected chi connectivity index (χ0v) is 25.3. The number of nitrogens with one attached hydrogen (secondary N) is 1. The van der Waals surface area contributed by atoms with Crippen molar-refractivity contribution in [2.24, 2.45) is 0 Å². The summed E-state index contributed by atoms with van der Waals surface area (Å²) in [7, 11) is -7.75. The number of aryl methyl sites for hydroxylation is 1. The van der Waals surface area contributed by atoms with Crippen molar-refractivity contribution >= 4 is 54.8 Å². The molecule has 4 rings (SSSR count). The molecule has 1 N–H and O–H groups in total. The minimum atomic E-state index is -4.13. The lowest BCUT2D eigenvalue weighted by Crippen LogP contribution is -2.42. The Morgan fingerprint density at radius 1 is 0.927 bits per heavy atom. The summed E-state index contributed by atoms with van der Waals surface area (Å²) in [6, 6.07) is 16.5. The molecule has 0 spiro atoms. The van der Waals surface area contributed by atoms with Crippen molar-refractivity contribution < 1.29 is 31.1 Å². The zero-order chi connectivity index (χ0) is 29.6. The van der Waals surface area contributed by atoms with Gasteiger partial charge in [0.1, 0.15) is 18.9 Å². The number of carbonyl (C=O) groups excluding carboxylic acids is 1. The fourth-order valence-corrected chi connectivity index (χ4v) is 7.35. The molecule has 1 saturated heterocycles. The van der Waals surface area contributed by atoms with Crippen LogP contribution < -0.4 is 14.4 Å². The first kappa shape index (κ1) is 31.1. The molecule has 0 aromatic heterocycles. The summed E-state index contributed by atoms with van der Waals surface area (Å²) < 4.78 is 65.7. The van der Waals surface area contributed by atoms with Crippen molar-refractivity contribution in [1.29, 1.82) is 0 Å². The number of rotatable bonds is 11. The number of ether oxygens (including phenoxy) is 2. The van der Waals surface area contributed by atoms with Crippen molar-refractivity contribution in [1.82, 2.24) is 9.62 Å². The maximum absolute atomic E-state index is 13.5. The zero-order valence-electron chi connectivity index (χ0n) is 22.1. The second kappa shape index (κ2) is 13.4. The molecule has 0 unspecified atom stereocenters. The molecular weight excluding hydrogens is 613 g/mol. The third kappa shape index (κ3) is 7.91. The Balaban J connectivity index is 1.37. The lowest BCUT2D eigenvalue weighted by atomic mass is 10.2. The molecule has 41 heavy (non-hydrogen) atoms. The summed E-state index contributed by atoms with van der Waals surface area (Å²) >= 11 is 12.2. The van der Waals surface area contributed by atoms with Gasteiger partial charge in [-0.3, -0.25) is 9.10 Å². The molecule has 0 radical (unpaired) electrons. The van der Waals surface area contributed by atoms with Crippen LogP contribution in [0.1, 0.15) is 5.56 Å². The van der Waals surface area contributed by atoms with Crippen LogP contribution in [0.2, 0.25) is 10.0 Å². The van der Waals surface area contributed by atoms with Crippen LogP contribution in [0.25, 0.3) is 0 Å². The smallest absolute Gasteiger partial charge is 0.264 e. The van der Waals surface area contributed by atoms with E-state index < -0.39 is 32.5 Å². The van der Waals surface area contributed by atoms with E-state index in [2.05, 4.69) is 5.32 Å². The lowest BCUT2D eigenvalue weighted by Gasteiger charge is -2.26. The van der Waals surface area contributed by atoms with Crippen LogP contribution in [-0.4, -0.2) is 73.0 Å². The summed E-state index contributed by atoms with van der Waals surface area (Å²) in [6.07, 6.45) is 0. The van der Waals surface area contributed by atoms with Crippen LogP contribution in [-0.2, 0) is 29.6 Å². The molecule has 10 nitrogen and oxygen atoms in total. The monoisotopic (exact) mass is 641 g/mol. The standard InChI is InChI=1S/C27H29Cl2N3O7S2/c1-20-2-6-26(7-3-20)41(36,37)32(23-17-21(28)16-22(29)18-23)19-27(33)30-10-13-39-24-4-8-25(9-5-24)40(34,35)31-11-14-38-15-12-31/h2-9,16-18H,10-15,19H2,1H3,(H,30,33). The molecule has 0 atom stereocenters. The summed E-state index contributed by atoms with van der Waals surface area (Å²) in [4.78, 5) is 13.0. The maximum atomic E-state index is 13.5. The van der Waals surface area contributed by atoms with E-state index in [0.29, 0.717) is 32.1 Å². The van der Waals surface area contributed by atoms with Gasteiger partial charge in [-0.05, 0) is 61.5 Å². The first-order chi connectivity index (χ1) is 19.5. The number of amides is 1. The van der Waals surface area contributed by atoms with E-state index >= 15 is 0 Å². The molecule has 1 amide bonds. The Morgan fingerprint density at radius 3 is 2.12 bits per heavy atom. The molecule has 0 aliphatic carbocycles. The van der Waals surface area contributed by atoms with E-state index in [4.69, 9.17) is 32.7 Å². The van der Waals surface area contributed by atoms with Crippen LogP contribution in [0.5, 0.6) is 5.75 Å². The summed E-state index contributed by atoms with van der Waals surface area (Å²) in [5, 5.41) is 3.08. The molecule has 1 fully saturated rings. The van der Waals surface area contributed by atoms with Gasteiger partial charge in [-0.15, -0.1) is 0 Å². The highest BCUT2D eigenvalue weighted by molar-refractivity contribution is 7.92. The number of sulfonamides is 2. The molecular formula is C27H29Cl2N3O7S2. The van der Waals surface area contributed by atoms with E-state index in [1.54, 1.807) is 12.1 Å². The second-order valence-corrected chi connectivity index (χ2v) is 13.8. The van der Waals surface area contributed by atoms with E-state index in [9.17, 15) is 21.6 Å². The Bertz CT molecular complexity index is 1560. The Hall–Kier alpha value is -2.87. The SMILES string of the molecule is Cc1ccc(S(=O)(=O)N(CC(=O)NCCOc2ccc(S(=O)(=O)N3CCOCC3)cc2)c2cc(Cl)cc(Cl)c2)cc1. The van der Waals surface area contributed by atoms with Crippen molar-refractivity contribution in [2.75, 3.05) is 50.3 Å². The number of halogens is 2. The largest absolute Gasteiger partial charge is 0.492 e. The fourth-order valence-electron chi connectivity index (χ4n) is 4.03. The summed E-state index contributed by atoms with van der Waals surface area (Å²) in [5.41, 5.74) is 1.02. The second-order valence-electron chi connectivity index (χ2n) is 9.14. The van der Waals surface area contributed by atoms with Gasteiger partial charge < -0.3 is 14.8 Å². The van der Waals surface area contributed by atoms with Crippen molar-refractivity contribution in [2.45, 2.75) is 16.7 Å². The Kier molecular flexibility index (Phi) is 10.2. The van der Waals surface area contributed by atoms with Crippen molar-refractivity contribution in [3.63, 3.8) is 0 Å². The first-order valence-electron chi connectivity index (χ1n) is 12.6. The van der Waals surface area contributed by atoms with Crippen LogP contribution in [0.4, 0.5) is 5.69 Å². The molecule has 3 aromatic rings. The summed E-state index contributed by atoms with van der Waals surface area (Å²) in [5.74, 6) is -0.162. The number of hydrogen-bond donors (Lipinski definition) is 1. The lowest BCUT2D eigenvalue weighted by molar-refractivity contribution is -0.119. The van der Waals surface area contributed by atoms with Crippen molar-refractivity contribution in [3.05, 3.63) is 82.3 Å². The minimum absolute atomic E-state index is 0.00872. The highest BCUT2D eigenvalue weighted by Crippen LogP contribution is 2.30. The third-order valence-electron chi connectivity index (χ3n) is 6.16. The van der Waals surface area contributed by atoms with Gasteiger partial charge in [0, 0.05) is 23.1 Å². The molecule has 3 aromatic carbocycles. The molecule has 1 heterocycles. The van der Waals surface area contributed by atoms with Gasteiger partial charge in [0.05, 0.1) is 35.2 Å². The van der Waals surface area contributed by atoms with Gasteiger partial charge in [-0.25, -0.2) is 16.8 Å². The quantitative estimate of drug-likeness (QED) is 0.317. The van der Waals surface area contributed by atoms with E-state index in [1.165, 1.54) is 58.9 Å². The van der Waals surface area contributed by atoms with E-state index in [0.717, 1.165) is 9.87 Å². The topological polar surface area (TPSA) is 122 Å². The van der Waals surface area contributed by atoms with Gasteiger partial charge >= 0.3 is 0 Å². The molecule has 1 aliphatic rings. The number of benzene rings is 3. The highest BCUT2D eigenvalue weighted by Gasteiger charge is 2.28. The predicted molar refractivity (Wildman–Crippen MR) is 157 cm³/mol. The van der Waals surface area contributed by atoms with Gasteiger partial charge in [0.2, 0.25) is 15.9 Å². The molecule has 1 aliphatic heterocycles. The maximum Gasteiger partial charge on any atom is 0.264 e. The number of carbonyl (C=O) groups is 1. The van der Waals surface area contributed by atoms with Gasteiger partial charge in [0.15, 0.2) is 0 Å². The predicted octanol–water partition coefficient (Wildman–Crippen LogP) is 3.71. The minimum Gasteiger partial charge on any atom is -0.492 e. The molecule has 0 bridgehead atoms. The number of anilines is 1. The van der Waals surface area contributed by atoms with Crippen LogP contribution in [0.15, 0.2) is 76.5 Å². The average Bonchev–Trinajstić information content (AvgIpc) is 2.94. The number of nitrogens with zero attached hydrogens (tertiary/aromatic N) is 2. The van der Waals surface area contributed by atoms with Gasteiger partial charge in [-0.2, -0.15) is 4.31 Å². The van der Waals surface area contributed by atoms with Crippen molar-refractivity contribution in [3.8, 4) is 5.75 Å². The first-order valence-corrected chi connectivity index (χ1v) is 16.2. The molecule has 14 heteroatoms. The van der Waals surface area contributed by atoms with E-state index in [1.807, 2.05) is 6.92 Å². The fraction of sp³-hybridized carbons (Fsp3) is 0.296. The van der Waals surface area contributed by atoms with E-state index in [-0.39, 0.29) is 38.7 Å². The number of morpholine rings is 1. The Labute approximate surface area is 249 Å². The normalized spacial score (nSPS) is 14.4. The Morgan fingerprint density at radius 2 is 1.51 bits per heavy atom. The third-order valence-corrected chi connectivity index (χ3v) is 10.3. The van der Waals surface area contributed by atoms with Gasteiger partial charge in [0.25, 0.3) is 10.0 Å². The average molecular weight is 643 g/mol. The van der Waals surface area contributed by atoms with Crippen LogP contribution in [0.3, 0.4) is 0 Å². The number of hydrogen-bond acceptors (Lipinski definition) is 7. The molecule has 220 valence electrons. The van der Waals surface area contributed by atoms with Gasteiger partial charge in [-0.1, -0.05) is 40.9 Å².